The Bertz CT molecular complexity index is 232. The minimum atomic E-state index is 0.703. The van der Waals surface area contributed by atoms with Crippen LogP contribution < -0.4 is 0 Å². The van der Waals surface area contributed by atoms with Crippen molar-refractivity contribution < 1.29 is 0 Å². The van der Waals surface area contributed by atoms with Crippen molar-refractivity contribution in [3.05, 3.63) is 0 Å². The predicted octanol–water partition coefficient (Wildman–Crippen LogP) is 4.49. The molecule has 0 aromatic carbocycles. The third-order valence-electron chi connectivity index (χ3n) is 6.08. The highest BCUT2D eigenvalue weighted by Crippen LogP contribution is 2.82. The van der Waals surface area contributed by atoms with E-state index in [4.69, 9.17) is 0 Å². The van der Waals surface area contributed by atoms with Gasteiger partial charge in [-0.3, -0.25) is 0 Å². The molecular formula is C14H26. The van der Waals surface area contributed by atoms with E-state index in [0.717, 1.165) is 23.2 Å². The third kappa shape index (κ3) is 0.955. The van der Waals surface area contributed by atoms with Crippen LogP contribution in [0, 0.1) is 28.6 Å². The molecule has 2 aliphatic carbocycles. The fraction of sp³-hybridized carbons (Fsp3) is 1.00. The van der Waals surface area contributed by atoms with Crippen LogP contribution in [0.25, 0.3) is 0 Å². The van der Waals surface area contributed by atoms with Gasteiger partial charge in [0.15, 0.2) is 0 Å². The van der Waals surface area contributed by atoms with Gasteiger partial charge in [0.2, 0.25) is 0 Å². The minimum absolute atomic E-state index is 0.703. The van der Waals surface area contributed by atoms with Crippen molar-refractivity contribution >= 4 is 0 Å². The van der Waals surface area contributed by atoms with Crippen LogP contribution in [-0.2, 0) is 0 Å². The molecule has 5 unspecified atom stereocenters. The first-order chi connectivity index (χ1) is 6.50. The lowest BCUT2D eigenvalue weighted by Crippen LogP contribution is -2.38. The van der Waals surface area contributed by atoms with Crippen molar-refractivity contribution in [3.8, 4) is 0 Å². The lowest BCUT2D eigenvalue weighted by atomic mass is 9.59. The largest absolute Gasteiger partial charge is 0.0654 e. The van der Waals surface area contributed by atoms with Crippen molar-refractivity contribution in [1.29, 1.82) is 0 Å². The first-order valence-electron chi connectivity index (χ1n) is 6.50. The van der Waals surface area contributed by atoms with Gasteiger partial charge in [0, 0.05) is 0 Å². The number of hydrogen-bond donors (Lipinski definition) is 0. The van der Waals surface area contributed by atoms with Crippen LogP contribution in [0.15, 0.2) is 0 Å². The van der Waals surface area contributed by atoms with Gasteiger partial charge in [-0.1, -0.05) is 47.5 Å². The Hall–Kier alpha value is 0. The standard InChI is InChI=1S/C14H26/c1-6-7-8-13(5)12(4)14(13)9-10(2)11(14)3/h10-12H,6-9H2,1-5H3. The minimum Gasteiger partial charge on any atom is -0.0654 e. The average molecular weight is 194 g/mol. The summed E-state index contributed by atoms with van der Waals surface area (Å²) in [6.45, 7) is 12.3. The quantitative estimate of drug-likeness (QED) is 0.621. The van der Waals surface area contributed by atoms with E-state index in [2.05, 4.69) is 34.6 Å². The number of rotatable bonds is 3. The van der Waals surface area contributed by atoms with E-state index >= 15 is 0 Å². The molecule has 2 fully saturated rings. The van der Waals surface area contributed by atoms with E-state index in [-0.39, 0.29) is 0 Å². The molecule has 0 aromatic heterocycles. The summed E-state index contributed by atoms with van der Waals surface area (Å²) in [5, 5.41) is 0. The van der Waals surface area contributed by atoms with Gasteiger partial charge in [-0.15, -0.1) is 0 Å². The molecule has 0 saturated heterocycles. The van der Waals surface area contributed by atoms with Crippen LogP contribution in [0.2, 0.25) is 0 Å². The highest BCUT2D eigenvalue weighted by atomic mass is 14.8. The maximum atomic E-state index is 2.55. The molecule has 0 bridgehead atoms. The molecule has 2 saturated carbocycles. The summed E-state index contributed by atoms with van der Waals surface area (Å²) in [4.78, 5) is 0. The van der Waals surface area contributed by atoms with Crippen molar-refractivity contribution in [3.63, 3.8) is 0 Å². The van der Waals surface area contributed by atoms with Gasteiger partial charge in [-0.2, -0.15) is 0 Å². The first kappa shape index (κ1) is 10.5. The summed E-state index contributed by atoms with van der Waals surface area (Å²) in [7, 11) is 0. The average Bonchev–Trinajstić information content (AvgIpc) is 2.66. The van der Waals surface area contributed by atoms with Gasteiger partial charge in [-0.25, -0.2) is 0 Å². The van der Waals surface area contributed by atoms with Gasteiger partial charge in [-0.05, 0) is 41.4 Å². The first-order valence-corrected chi connectivity index (χ1v) is 6.50. The molecule has 0 aromatic rings. The van der Waals surface area contributed by atoms with E-state index < -0.39 is 0 Å². The maximum absolute atomic E-state index is 2.55. The van der Waals surface area contributed by atoms with Gasteiger partial charge >= 0.3 is 0 Å². The molecule has 0 heterocycles. The van der Waals surface area contributed by atoms with Gasteiger partial charge in [0.1, 0.15) is 0 Å². The van der Waals surface area contributed by atoms with E-state index in [9.17, 15) is 0 Å². The second-order valence-electron chi connectivity index (χ2n) is 6.25. The molecule has 0 radical (unpaired) electrons. The monoisotopic (exact) mass is 194 g/mol. The maximum Gasteiger partial charge on any atom is -0.0179 e. The molecule has 2 aliphatic rings. The Balaban J connectivity index is 2.04. The molecule has 0 amide bonds. The molecule has 14 heavy (non-hydrogen) atoms. The van der Waals surface area contributed by atoms with E-state index in [1.54, 1.807) is 0 Å². The Morgan fingerprint density at radius 3 is 2.29 bits per heavy atom. The molecule has 0 aliphatic heterocycles. The zero-order valence-electron chi connectivity index (χ0n) is 10.6. The van der Waals surface area contributed by atoms with Gasteiger partial charge in [0.05, 0.1) is 0 Å². The second kappa shape index (κ2) is 3.00. The second-order valence-corrected chi connectivity index (χ2v) is 6.25. The topological polar surface area (TPSA) is 0 Å². The van der Waals surface area contributed by atoms with E-state index in [1.165, 1.54) is 25.7 Å². The Morgan fingerprint density at radius 2 is 1.86 bits per heavy atom. The molecule has 0 heteroatoms. The van der Waals surface area contributed by atoms with Crippen LogP contribution in [0.1, 0.15) is 60.3 Å². The summed E-state index contributed by atoms with van der Waals surface area (Å²) >= 11 is 0. The van der Waals surface area contributed by atoms with Crippen molar-refractivity contribution in [2.45, 2.75) is 60.3 Å². The molecule has 0 nitrogen and oxygen atoms in total. The number of unbranched alkanes of at least 4 members (excludes halogenated alkanes) is 1. The van der Waals surface area contributed by atoms with Crippen LogP contribution in [0.3, 0.4) is 0 Å². The highest BCUT2D eigenvalue weighted by molar-refractivity contribution is 5.24. The third-order valence-corrected chi connectivity index (χ3v) is 6.08. The van der Waals surface area contributed by atoms with Crippen LogP contribution in [-0.4, -0.2) is 0 Å². The van der Waals surface area contributed by atoms with Gasteiger partial charge in [0.25, 0.3) is 0 Å². The summed E-state index contributed by atoms with van der Waals surface area (Å²) in [6.07, 6.45) is 5.78. The lowest BCUT2D eigenvalue weighted by molar-refractivity contribution is 0.0308. The van der Waals surface area contributed by atoms with Crippen molar-refractivity contribution in [1.82, 2.24) is 0 Å². The van der Waals surface area contributed by atoms with Crippen LogP contribution in [0.5, 0.6) is 0 Å². The summed E-state index contributed by atoms with van der Waals surface area (Å²) < 4.78 is 0. The molecular weight excluding hydrogens is 168 g/mol. The van der Waals surface area contributed by atoms with E-state index in [0.29, 0.717) is 5.41 Å². The zero-order valence-corrected chi connectivity index (χ0v) is 10.6. The smallest absolute Gasteiger partial charge is 0.0179 e. The molecule has 5 atom stereocenters. The Labute approximate surface area is 89.5 Å². The molecule has 82 valence electrons. The van der Waals surface area contributed by atoms with Crippen molar-refractivity contribution in [2.24, 2.45) is 28.6 Å². The number of hydrogen-bond acceptors (Lipinski definition) is 0. The van der Waals surface area contributed by atoms with Gasteiger partial charge < -0.3 is 0 Å². The fourth-order valence-electron chi connectivity index (χ4n) is 4.61. The SMILES string of the molecule is CCCCC1(C)C(C)C12CC(C)C2C. The Morgan fingerprint density at radius 1 is 1.21 bits per heavy atom. The zero-order chi connectivity index (χ0) is 10.6. The Kier molecular flexibility index (Phi) is 2.25. The summed E-state index contributed by atoms with van der Waals surface area (Å²) in [6, 6.07) is 0. The lowest BCUT2D eigenvalue weighted by Gasteiger charge is -2.45. The molecule has 2 rings (SSSR count). The molecule has 0 N–H and O–H groups in total. The normalized spacial score (nSPS) is 55.9. The van der Waals surface area contributed by atoms with Crippen LogP contribution >= 0.6 is 0 Å². The van der Waals surface area contributed by atoms with Crippen LogP contribution in [0.4, 0.5) is 0 Å². The molecule has 1 spiro atoms. The van der Waals surface area contributed by atoms with E-state index in [1.807, 2.05) is 0 Å². The highest BCUT2D eigenvalue weighted by Gasteiger charge is 2.76. The summed E-state index contributed by atoms with van der Waals surface area (Å²) in [5.74, 6) is 2.97. The predicted molar refractivity (Wildman–Crippen MR) is 62.2 cm³/mol. The summed E-state index contributed by atoms with van der Waals surface area (Å²) in [5.41, 5.74) is 1.47. The fourth-order valence-corrected chi connectivity index (χ4v) is 4.61. The van der Waals surface area contributed by atoms with Crippen molar-refractivity contribution in [2.75, 3.05) is 0 Å².